The lowest BCUT2D eigenvalue weighted by molar-refractivity contribution is 0.0164. The molecule has 2 nitrogen and oxygen atoms in total. The predicted molar refractivity (Wildman–Crippen MR) is 41.9 cm³/mol. The molecular weight excluding hydrogens is 136 g/mol. The van der Waals surface area contributed by atoms with Gasteiger partial charge in [0.15, 0.2) is 0 Å². The van der Waals surface area contributed by atoms with Crippen LogP contribution in [-0.2, 0) is 0 Å². The third-order valence-corrected chi connectivity index (χ3v) is 2.36. The molecule has 2 N–H and O–H groups in total. The standard InChI is InChI=1S/C6H14N2.ClH/c1-6(2)5(7)4-8(6)3;/h5H,4,7H2,1-3H3;1H. The average Bonchev–Trinajstić information content (AvgIpc) is 1.68. The van der Waals surface area contributed by atoms with Crippen LogP contribution in [0.1, 0.15) is 13.8 Å². The van der Waals surface area contributed by atoms with Crippen LogP contribution in [0.3, 0.4) is 0 Å². The van der Waals surface area contributed by atoms with Gasteiger partial charge in [0.2, 0.25) is 0 Å². The Kier molecular flexibility index (Phi) is 2.50. The molecule has 0 radical (unpaired) electrons. The maximum absolute atomic E-state index is 5.70. The molecule has 0 saturated carbocycles. The smallest absolute Gasteiger partial charge is 0.0349 e. The number of hydrogen-bond donors (Lipinski definition) is 1. The highest BCUT2D eigenvalue weighted by Gasteiger charge is 2.40. The Hall–Kier alpha value is 0.210. The van der Waals surface area contributed by atoms with Crippen molar-refractivity contribution in [3.05, 3.63) is 0 Å². The van der Waals surface area contributed by atoms with Crippen LogP contribution < -0.4 is 5.73 Å². The first-order chi connectivity index (χ1) is 3.55. The van der Waals surface area contributed by atoms with Gasteiger partial charge in [0.25, 0.3) is 0 Å². The van der Waals surface area contributed by atoms with Gasteiger partial charge in [0, 0.05) is 18.1 Å². The van der Waals surface area contributed by atoms with E-state index in [1.165, 1.54) is 0 Å². The molecule has 9 heavy (non-hydrogen) atoms. The summed E-state index contributed by atoms with van der Waals surface area (Å²) in [5.74, 6) is 0. The first kappa shape index (κ1) is 9.21. The molecule has 1 aliphatic heterocycles. The molecule has 1 saturated heterocycles. The molecule has 1 fully saturated rings. The quantitative estimate of drug-likeness (QED) is 0.544. The highest BCUT2D eigenvalue weighted by atomic mass is 35.5. The number of likely N-dealkylation sites (N-methyl/N-ethyl adjacent to an activating group) is 1. The van der Waals surface area contributed by atoms with Crippen molar-refractivity contribution in [3.8, 4) is 0 Å². The Balaban J connectivity index is 0.000000640. The number of likely N-dealkylation sites (tertiary alicyclic amines) is 1. The van der Waals surface area contributed by atoms with Crippen molar-refractivity contribution >= 4 is 12.4 Å². The summed E-state index contributed by atoms with van der Waals surface area (Å²) in [6, 6.07) is 0.382. The van der Waals surface area contributed by atoms with Crippen molar-refractivity contribution < 1.29 is 0 Å². The minimum Gasteiger partial charge on any atom is -0.325 e. The van der Waals surface area contributed by atoms with Crippen molar-refractivity contribution in [1.29, 1.82) is 0 Å². The van der Waals surface area contributed by atoms with Crippen molar-refractivity contribution in [2.24, 2.45) is 5.73 Å². The SMILES string of the molecule is CN1CC(N)C1(C)C.Cl. The van der Waals surface area contributed by atoms with E-state index in [1.54, 1.807) is 0 Å². The molecule has 1 unspecified atom stereocenters. The molecule has 3 heteroatoms. The molecule has 0 aliphatic carbocycles. The monoisotopic (exact) mass is 150 g/mol. The van der Waals surface area contributed by atoms with Crippen LogP contribution in [0.15, 0.2) is 0 Å². The van der Waals surface area contributed by atoms with Gasteiger partial charge in [0.05, 0.1) is 0 Å². The topological polar surface area (TPSA) is 29.3 Å². The Morgan fingerprint density at radius 3 is 2.00 bits per heavy atom. The molecule has 0 aromatic heterocycles. The van der Waals surface area contributed by atoms with Crippen LogP contribution in [0.5, 0.6) is 0 Å². The Morgan fingerprint density at radius 2 is 2.00 bits per heavy atom. The van der Waals surface area contributed by atoms with Gasteiger partial charge in [-0.2, -0.15) is 0 Å². The summed E-state index contributed by atoms with van der Waals surface area (Å²) in [5.41, 5.74) is 5.96. The number of rotatable bonds is 0. The van der Waals surface area contributed by atoms with Gasteiger partial charge in [0.1, 0.15) is 0 Å². The second kappa shape index (κ2) is 2.45. The maximum Gasteiger partial charge on any atom is 0.0349 e. The summed E-state index contributed by atoms with van der Waals surface area (Å²) in [7, 11) is 2.10. The molecule has 1 heterocycles. The third-order valence-electron chi connectivity index (χ3n) is 2.36. The van der Waals surface area contributed by atoms with E-state index in [4.69, 9.17) is 5.73 Å². The molecule has 1 rings (SSSR count). The number of nitrogens with two attached hydrogens (primary N) is 1. The Morgan fingerprint density at radius 1 is 1.56 bits per heavy atom. The summed E-state index contributed by atoms with van der Waals surface area (Å²) in [6.45, 7) is 5.38. The molecule has 0 amide bonds. The van der Waals surface area contributed by atoms with Crippen LogP contribution in [0.2, 0.25) is 0 Å². The zero-order valence-electron chi connectivity index (χ0n) is 6.22. The van der Waals surface area contributed by atoms with Crippen LogP contribution in [0, 0.1) is 0 Å². The zero-order valence-corrected chi connectivity index (χ0v) is 7.03. The summed E-state index contributed by atoms with van der Waals surface area (Å²) in [4.78, 5) is 2.26. The van der Waals surface area contributed by atoms with Crippen molar-refractivity contribution in [1.82, 2.24) is 4.90 Å². The van der Waals surface area contributed by atoms with Gasteiger partial charge >= 0.3 is 0 Å². The molecule has 1 atom stereocenters. The van der Waals surface area contributed by atoms with Crippen molar-refractivity contribution in [2.45, 2.75) is 25.4 Å². The number of nitrogens with zero attached hydrogens (tertiary/aromatic N) is 1. The Bertz CT molecular complexity index is 93.2. The van der Waals surface area contributed by atoms with E-state index >= 15 is 0 Å². The first-order valence-corrected chi connectivity index (χ1v) is 3.02. The largest absolute Gasteiger partial charge is 0.325 e. The van der Waals surface area contributed by atoms with Crippen molar-refractivity contribution in [2.75, 3.05) is 13.6 Å². The molecule has 0 bridgehead atoms. The average molecular weight is 151 g/mol. The van der Waals surface area contributed by atoms with E-state index in [9.17, 15) is 0 Å². The van der Waals surface area contributed by atoms with Gasteiger partial charge < -0.3 is 5.73 Å². The zero-order chi connectivity index (χ0) is 6.36. The van der Waals surface area contributed by atoms with Gasteiger partial charge in [-0.05, 0) is 20.9 Å². The van der Waals surface area contributed by atoms with Crippen LogP contribution in [0.4, 0.5) is 0 Å². The van der Waals surface area contributed by atoms with E-state index < -0.39 is 0 Å². The van der Waals surface area contributed by atoms with Crippen LogP contribution >= 0.6 is 12.4 Å². The summed E-state index contributed by atoms with van der Waals surface area (Å²) in [6.07, 6.45) is 0. The first-order valence-electron chi connectivity index (χ1n) is 3.02. The van der Waals surface area contributed by atoms with Gasteiger partial charge in [-0.3, -0.25) is 4.90 Å². The fourth-order valence-electron chi connectivity index (χ4n) is 0.924. The second-order valence-electron chi connectivity index (χ2n) is 3.14. The molecular formula is C6H15ClN2. The second-order valence-corrected chi connectivity index (χ2v) is 3.14. The minimum atomic E-state index is 0. The van der Waals surface area contributed by atoms with E-state index in [1.807, 2.05) is 0 Å². The summed E-state index contributed by atoms with van der Waals surface area (Å²) < 4.78 is 0. The van der Waals surface area contributed by atoms with E-state index in [2.05, 4.69) is 25.8 Å². The number of hydrogen-bond acceptors (Lipinski definition) is 2. The molecule has 0 aromatic rings. The fourth-order valence-corrected chi connectivity index (χ4v) is 0.924. The van der Waals surface area contributed by atoms with E-state index in [0.29, 0.717) is 6.04 Å². The molecule has 1 aliphatic rings. The van der Waals surface area contributed by atoms with Crippen LogP contribution in [0.25, 0.3) is 0 Å². The summed E-state index contributed by atoms with van der Waals surface area (Å²) >= 11 is 0. The van der Waals surface area contributed by atoms with Gasteiger partial charge in [-0.25, -0.2) is 0 Å². The van der Waals surface area contributed by atoms with Crippen molar-refractivity contribution in [3.63, 3.8) is 0 Å². The van der Waals surface area contributed by atoms with Gasteiger partial charge in [-0.1, -0.05) is 0 Å². The normalized spacial score (nSPS) is 32.7. The third kappa shape index (κ3) is 1.20. The van der Waals surface area contributed by atoms with Crippen LogP contribution in [-0.4, -0.2) is 30.1 Å². The molecule has 0 spiro atoms. The van der Waals surface area contributed by atoms with E-state index in [0.717, 1.165) is 6.54 Å². The highest BCUT2D eigenvalue weighted by molar-refractivity contribution is 5.85. The minimum absolute atomic E-state index is 0. The predicted octanol–water partition coefficient (Wildman–Crippen LogP) is 0.459. The molecule has 0 aromatic carbocycles. The molecule has 56 valence electrons. The van der Waals surface area contributed by atoms with E-state index in [-0.39, 0.29) is 17.9 Å². The number of halogens is 1. The van der Waals surface area contributed by atoms with Gasteiger partial charge in [-0.15, -0.1) is 12.4 Å². The Labute approximate surface area is 62.8 Å². The lowest BCUT2D eigenvalue weighted by Gasteiger charge is -2.51. The summed E-state index contributed by atoms with van der Waals surface area (Å²) in [5, 5.41) is 0. The maximum atomic E-state index is 5.70. The lowest BCUT2D eigenvalue weighted by atomic mass is 9.85. The highest BCUT2D eigenvalue weighted by Crippen LogP contribution is 2.25. The fraction of sp³-hybridized carbons (Fsp3) is 1.00. The lowest BCUT2D eigenvalue weighted by Crippen LogP contribution is -2.69.